The van der Waals surface area contributed by atoms with E-state index in [0.717, 1.165) is 6.42 Å². The molecule has 0 aliphatic heterocycles. The Hall–Kier alpha value is -2.81. The number of hydrogen-bond donors (Lipinski definition) is 1. The van der Waals surface area contributed by atoms with E-state index < -0.39 is 10.8 Å². The van der Waals surface area contributed by atoms with E-state index in [1.807, 2.05) is 6.92 Å². The highest BCUT2D eigenvalue weighted by Crippen LogP contribution is 2.25. The summed E-state index contributed by atoms with van der Waals surface area (Å²) in [5, 5.41) is 24.7. The second kappa shape index (κ2) is 7.45. The summed E-state index contributed by atoms with van der Waals surface area (Å²) in [6.07, 6.45) is 3.49. The third kappa shape index (κ3) is 4.58. The molecule has 2 rings (SSSR count). The summed E-state index contributed by atoms with van der Waals surface area (Å²) >= 11 is 5.72. The largest absolute Gasteiger partial charge is 0.288 e. The Labute approximate surface area is 136 Å². The average Bonchev–Trinajstić information content (AvgIpc) is 2.93. The van der Waals surface area contributed by atoms with Crippen molar-refractivity contribution in [2.24, 2.45) is 0 Å². The van der Waals surface area contributed by atoms with Gasteiger partial charge in [-0.25, -0.2) is 0 Å². The molecule has 0 aliphatic rings. The van der Waals surface area contributed by atoms with E-state index in [1.54, 1.807) is 6.07 Å². The van der Waals surface area contributed by atoms with E-state index in [4.69, 9.17) is 11.6 Å². The number of nitro groups is 1. The van der Waals surface area contributed by atoms with E-state index in [9.17, 15) is 14.9 Å². The number of carbonyl (C=O) groups excluding carboxylic acids is 1. The van der Waals surface area contributed by atoms with E-state index in [2.05, 4.69) is 20.7 Å². The number of aromatic nitrogens is 4. The number of tetrazole rings is 1. The quantitative estimate of drug-likeness (QED) is 0.491. The predicted molar refractivity (Wildman–Crippen MR) is 83.9 cm³/mol. The van der Waals surface area contributed by atoms with Crippen molar-refractivity contribution in [3.8, 4) is 0 Å². The van der Waals surface area contributed by atoms with Gasteiger partial charge in [0.1, 0.15) is 5.02 Å². The van der Waals surface area contributed by atoms with Crippen molar-refractivity contribution in [3.63, 3.8) is 0 Å². The first-order chi connectivity index (χ1) is 11.0. The highest BCUT2D eigenvalue weighted by atomic mass is 35.5. The fourth-order valence-electron chi connectivity index (χ4n) is 1.69. The van der Waals surface area contributed by atoms with Crippen molar-refractivity contribution >= 4 is 35.2 Å². The Kier molecular flexibility index (Phi) is 5.36. The van der Waals surface area contributed by atoms with E-state index in [1.165, 1.54) is 29.1 Å². The van der Waals surface area contributed by atoms with Gasteiger partial charge in [0.2, 0.25) is 0 Å². The van der Waals surface area contributed by atoms with Gasteiger partial charge in [-0.15, -0.1) is 5.10 Å². The smallest absolute Gasteiger partial charge is 0.288 e. The fraction of sp³-hybridized carbons (Fsp3) is 0.231. The van der Waals surface area contributed by atoms with Gasteiger partial charge in [-0.1, -0.05) is 29.7 Å². The van der Waals surface area contributed by atoms with Gasteiger partial charge < -0.3 is 0 Å². The molecular formula is C13H13ClN6O3. The van der Waals surface area contributed by atoms with Gasteiger partial charge >= 0.3 is 0 Å². The van der Waals surface area contributed by atoms with Gasteiger partial charge in [0.05, 0.1) is 11.5 Å². The highest BCUT2D eigenvalue weighted by molar-refractivity contribution is 6.32. The van der Waals surface area contributed by atoms with Crippen LogP contribution in [-0.4, -0.2) is 31.0 Å². The predicted octanol–water partition coefficient (Wildman–Crippen LogP) is 2.30. The lowest BCUT2D eigenvalue weighted by molar-refractivity contribution is -0.384. The number of hydrogen-bond acceptors (Lipinski definition) is 6. The van der Waals surface area contributed by atoms with E-state index in [0.29, 0.717) is 12.1 Å². The zero-order valence-corrected chi connectivity index (χ0v) is 12.9. The lowest BCUT2D eigenvalue weighted by atomic mass is 10.2. The van der Waals surface area contributed by atoms with Crippen molar-refractivity contribution in [1.29, 1.82) is 0 Å². The van der Waals surface area contributed by atoms with Crippen molar-refractivity contribution in [2.45, 2.75) is 19.9 Å². The van der Waals surface area contributed by atoms with Crippen LogP contribution in [0.15, 0.2) is 24.3 Å². The Balaban J connectivity index is 2.03. The first kappa shape index (κ1) is 16.6. The van der Waals surface area contributed by atoms with Crippen molar-refractivity contribution in [1.82, 2.24) is 20.2 Å². The van der Waals surface area contributed by atoms with Crippen LogP contribution in [0, 0.1) is 10.1 Å². The second-order valence-corrected chi connectivity index (χ2v) is 4.91. The third-order valence-corrected chi connectivity index (χ3v) is 3.03. The van der Waals surface area contributed by atoms with Gasteiger partial charge in [-0.2, -0.15) is 4.80 Å². The number of nitro benzene ring substituents is 1. The van der Waals surface area contributed by atoms with Gasteiger partial charge in [0, 0.05) is 12.1 Å². The number of nitrogens with zero attached hydrogens (tertiary/aromatic N) is 5. The Morgan fingerprint density at radius 3 is 3.00 bits per heavy atom. The van der Waals surface area contributed by atoms with Crippen LogP contribution in [0.3, 0.4) is 0 Å². The number of anilines is 1. The molecule has 0 radical (unpaired) electrons. The van der Waals surface area contributed by atoms with Crippen LogP contribution >= 0.6 is 11.6 Å². The number of rotatable bonds is 6. The van der Waals surface area contributed by atoms with Crippen molar-refractivity contribution < 1.29 is 9.72 Å². The molecule has 0 fully saturated rings. The minimum atomic E-state index is -0.588. The highest BCUT2D eigenvalue weighted by Gasteiger charge is 2.12. The summed E-state index contributed by atoms with van der Waals surface area (Å²) in [6, 6.07) is 4.24. The number of nitrogens with one attached hydrogen (secondary N) is 1. The summed E-state index contributed by atoms with van der Waals surface area (Å²) in [6.45, 7) is 2.57. The lowest BCUT2D eigenvalue weighted by Gasteiger charge is -1.98. The summed E-state index contributed by atoms with van der Waals surface area (Å²) in [4.78, 5) is 23.4. The fourth-order valence-corrected chi connectivity index (χ4v) is 1.87. The topological polar surface area (TPSA) is 116 Å². The molecule has 0 spiro atoms. The average molecular weight is 337 g/mol. The number of halogens is 1. The minimum absolute atomic E-state index is 0.0355. The maximum Gasteiger partial charge on any atom is 0.288 e. The summed E-state index contributed by atoms with van der Waals surface area (Å²) in [5.41, 5.74) is 0.247. The normalized spacial score (nSPS) is 10.9. The van der Waals surface area contributed by atoms with Crippen LogP contribution in [0.1, 0.15) is 18.9 Å². The summed E-state index contributed by atoms with van der Waals surface area (Å²) in [5.74, 6) is -0.381. The maximum absolute atomic E-state index is 11.8. The second-order valence-electron chi connectivity index (χ2n) is 4.50. The van der Waals surface area contributed by atoms with Gasteiger partial charge in [0.25, 0.3) is 17.5 Å². The maximum atomic E-state index is 11.8. The van der Waals surface area contributed by atoms with Gasteiger partial charge in [0.15, 0.2) is 0 Å². The number of benzene rings is 1. The molecule has 0 bridgehead atoms. The number of aryl methyl sites for hydroxylation is 1. The molecule has 1 aromatic heterocycles. The molecule has 2 aromatic rings. The number of amides is 1. The van der Waals surface area contributed by atoms with Crippen LogP contribution in [0.4, 0.5) is 11.6 Å². The van der Waals surface area contributed by atoms with Crippen LogP contribution in [-0.2, 0) is 11.3 Å². The molecule has 10 heteroatoms. The molecule has 1 aromatic carbocycles. The SMILES string of the molecule is CCCn1nnc(NC(=O)C=Cc2ccc(Cl)c([N+](=O)[O-])c2)n1. The Morgan fingerprint density at radius 1 is 1.52 bits per heavy atom. The molecule has 0 aliphatic carbocycles. The third-order valence-electron chi connectivity index (χ3n) is 2.71. The minimum Gasteiger partial charge on any atom is -0.288 e. The molecule has 0 saturated carbocycles. The van der Waals surface area contributed by atoms with Crippen LogP contribution < -0.4 is 5.32 Å². The molecule has 9 nitrogen and oxygen atoms in total. The standard InChI is InChI=1S/C13H13ClN6O3/c1-2-7-19-17-13(16-18-19)15-12(21)6-4-9-3-5-10(14)11(8-9)20(22)23/h3-6,8H,2,7H2,1H3,(H,15,17,21). The molecule has 1 heterocycles. The van der Waals surface area contributed by atoms with Gasteiger partial charge in [-0.3, -0.25) is 20.2 Å². The van der Waals surface area contributed by atoms with Crippen molar-refractivity contribution in [2.75, 3.05) is 5.32 Å². The van der Waals surface area contributed by atoms with E-state index >= 15 is 0 Å². The summed E-state index contributed by atoms with van der Waals surface area (Å²) < 4.78 is 0. The van der Waals surface area contributed by atoms with Gasteiger partial charge in [-0.05, 0) is 29.3 Å². The Morgan fingerprint density at radius 2 is 2.30 bits per heavy atom. The molecule has 1 amide bonds. The van der Waals surface area contributed by atoms with Crippen LogP contribution in [0.2, 0.25) is 5.02 Å². The molecule has 1 N–H and O–H groups in total. The van der Waals surface area contributed by atoms with Crippen LogP contribution in [0.5, 0.6) is 0 Å². The molecule has 120 valence electrons. The molecular weight excluding hydrogens is 324 g/mol. The monoisotopic (exact) mass is 336 g/mol. The first-order valence-corrected chi connectivity index (χ1v) is 7.08. The molecule has 23 heavy (non-hydrogen) atoms. The van der Waals surface area contributed by atoms with Crippen LogP contribution in [0.25, 0.3) is 6.08 Å². The molecule has 0 saturated heterocycles. The summed E-state index contributed by atoms with van der Waals surface area (Å²) in [7, 11) is 0. The van der Waals surface area contributed by atoms with E-state index in [-0.39, 0.29) is 16.7 Å². The molecule has 0 unspecified atom stereocenters. The zero-order chi connectivity index (χ0) is 16.8. The first-order valence-electron chi connectivity index (χ1n) is 6.70. The Bertz CT molecular complexity index is 758. The molecule has 0 atom stereocenters. The lowest BCUT2D eigenvalue weighted by Crippen LogP contribution is -2.09. The zero-order valence-electron chi connectivity index (χ0n) is 12.1. The number of carbonyl (C=O) groups is 1. The van der Waals surface area contributed by atoms with Crippen molar-refractivity contribution in [3.05, 3.63) is 45.0 Å².